The minimum atomic E-state index is -2.22. The van der Waals surface area contributed by atoms with E-state index in [0.717, 1.165) is 6.92 Å². The van der Waals surface area contributed by atoms with E-state index in [0.29, 0.717) is 5.57 Å². The van der Waals surface area contributed by atoms with E-state index in [1.54, 1.807) is 13.8 Å². The summed E-state index contributed by atoms with van der Waals surface area (Å²) in [4.78, 5) is 37.3. The van der Waals surface area contributed by atoms with Gasteiger partial charge < -0.3 is 34.6 Å². The molecule has 4 N–H and O–H groups in total. The van der Waals surface area contributed by atoms with E-state index in [-0.39, 0.29) is 13.0 Å². The highest BCUT2D eigenvalue weighted by molar-refractivity contribution is 5.96. The lowest BCUT2D eigenvalue weighted by atomic mass is 9.36. The Balaban J connectivity index is 1.83. The van der Waals surface area contributed by atoms with Crippen molar-refractivity contribution < 1.29 is 49.0 Å². The smallest absolute Gasteiger partial charge is 0.338 e. The van der Waals surface area contributed by atoms with E-state index >= 15 is 0 Å². The van der Waals surface area contributed by atoms with E-state index in [4.69, 9.17) is 14.2 Å². The maximum absolute atomic E-state index is 12.7. The molecule has 2 bridgehead atoms. The molecule has 10 heteroatoms. The fourth-order valence-corrected chi connectivity index (χ4v) is 7.94. The van der Waals surface area contributed by atoms with Crippen molar-refractivity contribution in [1.29, 1.82) is 0 Å². The third-order valence-electron chi connectivity index (χ3n) is 9.14. The van der Waals surface area contributed by atoms with Gasteiger partial charge in [-0.1, -0.05) is 19.4 Å². The summed E-state index contributed by atoms with van der Waals surface area (Å²) in [6.07, 6.45) is -4.51. The van der Waals surface area contributed by atoms with Crippen LogP contribution in [0.3, 0.4) is 0 Å². The first-order valence-electron chi connectivity index (χ1n) is 10.8. The largest absolute Gasteiger partial charge is 0.460 e. The van der Waals surface area contributed by atoms with Crippen LogP contribution in [-0.4, -0.2) is 80.6 Å². The van der Waals surface area contributed by atoms with E-state index in [9.17, 15) is 34.8 Å². The van der Waals surface area contributed by atoms with Gasteiger partial charge >= 0.3 is 11.9 Å². The van der Waals surface area contributed by atoms with Gasteiger partial charge in [-0.05, 0) is 25.3 Å². The van der Waals surface area contributed by atoms with Gasteiger partial charge in [0.05, 0.1) is 12.0 Å². The topological polar surface area (TPSA) is 160 Å². The zero-order valence-corrected chi connectivity index (χ0v) is 18.3. The third kappa shape index (κ3) is 2.07. The standard InChI is InChI=1S/C22H28O10/c1-8-5-12(24)14(25)19(4)11(8)6-13-20-7-30-22(29,18(19)20)16(31-10(3)23)9(2)21(20,28)15(26)17(27)32-13/h5,9,11,13-16,18,25-26,28-29H,6-7H2,1-4H3/t9-,11+,13+,14+,15-,16+,18+,19+,20+,21-,22-/m0/s1. The number of hydrogen-bond donors (Lipinski definition) is 4. The van der Waals surface area contributed by atoms with E-state index < -0.39 is 82.1 Å². The lowest BCUT2D eigenvalue weighted by Crippen LogP contribution is -2.84. The molecule has 32 heavy (non-hydrogen) atoms. The van der Waals surface area contributed by atoms with Gasteiger partial charge in [0.1, 0.15) is 17.8 Å². The average molecular weight is 452 g/mol. The zero-order valence-electron chi connectivity index (χ0n) is 18.3. The highest BCUT2D eigenvalue weighted by Crippen LogP contribution is 2.74. The minimum absolute atomic E-state index is 0.158. The Morgan fingerprint density at radius 3 is 2.50 bits per heavy atom. The zero-order chi connectivity index (χ0) is 23.6. The lowest BCUT2D eigenvalue weighted by Gasteiger charge is -2.70. The molecule has 1 spiro atoms. The van der Waals surface area contributed by atoms with Crippen LogP contribution in [0.25, 0.3) is 0 Å². The molecular weight excluding hydrogens is 424 g/mol. The first kappa shape index (κ1) is 22.0. The second-order valence-electron chi connectivity index (χ2n) is 10.3. The number of allylic oxidation sites excluding steroid dienone is 1. The fourth-order valence-electron chi connectivity index (χ4n) is 7.94. The molecule has 5 rings (SSSR count). The summed E-state index contributed by atoms with van der Waals surface area (Å²) in [7, 11) is 0. The number of hydrogen-bond acceptors (Lipinski definition) is 10. The summed E-state index contributed by atoms with van der Waals surface area (Å²) >= 11 is 0. The van der Waals surface area contributed by atoms with Crippen LogP contribution in [0.5, 0.6) is 0 Å². The summed E-state index contributed by atoms with van der Waals surface area (Å²) in [6.45, 7) is 5.61. The molecule has 3 aliphatic carbocycles. The summed E-state index contributed by atoms with van der Waals surface area (Å²) in [6, 6.07) is 0. The van der Waals surface area contributed by atoms with Crippen molar-refractivity contribution in [2.75, 3.05) is 6.61 Å². The summed E-state index contributed by atoms with van der Waals surface area (Å²) in [5.74, 6) is -7.39. The lowest BCUT2D eigenvalue weighted by molar-refractivity contribution is -0.375. The van der Waals surface area contributed by atoms with Crippen LogP contribution in [0, 0.1) is 28.6 Å². The molecule has 0 aromatic rings. The van der Waals surface area contributed by atoms with Crippen LogP contribution < -0.4 is 0 Å². The first-order chi connectivity index (χ1) is 14.8. The molecule has 2 aliphatic heterocycles. The number of aliphatic hydroxyl groups excluding tert-OH is 2. The van der Waals surface area contributed by atoms with E-state index in [1.165, 1.54) is 13.0 Å². The maximum atomic E-state index is 12.7. The summed E-state index contributed by atoms with van der Waals surface area (Å²) < 4.78 is 16.9. The Morgan fingerprint density at radius 1 is 1.22 bits per heavy atom. The van der Waals surface area contributed by atoms with Gasteiger partial charge in [-0.2, -0.15) is 0 Å². The normalized spacial score (nSPS) is 56.0. The second kappa shape index (κ2) is 6.18. The van der Waals surface area contributed by atoms with Crippen molar-refractivity contribution >= 4 is 17.7 Å². The maximum Gasteiger partial charge on any atom is 0.338 e. The third-order valence-corrected chi connectivity index (χ3v) is 9.14. The molecule has 0 aromatic carbocycles. The highest BCUT2D eigenvalue weighted by atomic mass is 16.7. The number of ether oxygens (including phenoxy) is 3. The van der Waals surface area contributed by atoms with Gasteiger partial charge in [-0.15, -0.1) is 0 Å². The Bertz CT molecular complexity index is 960. The monoisotopic (exact) mass is 452 g/mol. The number of rotatable bonds is 1. The first-order valence-corrected chi connectivity index (χ1v) is 10.8. The Hall–Kier alpha value is -1.85. The van der Waals surface area contributed by atoms with E-state index in [1.807, 2.05) is 0 Å². The molecule has 2 saturated heterocycles. The molecule has 11 atom stereocenters. The van der Waals surface area contributed by atoms with Crippen molar-refractivity contribution in [1.82, 2.24) is 0 Å². The van der Waals surface area contributed by atoms with Gasteiger partial charge in [0.25, 0.3) is 0 Å². The molecule has 0 amide bonds. The van der Waals surface area contributed by atoms with Crippen molar-refractivity contribution in [3.05, 3.63) is 11.6 Å². The van der Waals surface area contributed by atoms with Crippen molar-refractivity contribution in [3.63, 3.8) is 0 Å². The summed E-state index contributed by atoms with van der Waals surface area (Å²) in [5, 5.41) is 46.1. The second-order valence-corrected chi connectivity index (χ2v) is 10.3. The van der Waals surface area contributed by atoms with Crippen molar-refractivity contribution in [2.24, 2.45) is 28.6 Å². The van der Waals surface area contributed by atoms with Crippen LogP contribution in [0.2, 0.25) is 0 Å². The minimum Gasteiger partial charge on any atom is -0.460 e. The Morgan fingerprint density at radius 2 is 1.88 bits per heavy atom. The molecule has 0 radical (unpaired) electrons. The number of ketones is 1. The quantitative estimate of drug-likeness (QED) is 0.357. The number of aliphatic hydroxyl groups is 4. The molecule has 0 aromatic heterocycles. The molecule has 5 aliphatic rings. The molecule has 176 valence electrons. The Labute approximate surface area is 184 Å². The van der Waals surface area contributed by atoms with Gasteiger partial charge in [-0.25, -0.2) is 4.79 Å². The van der Waals surface area contributed by atoms with Gasteiger partial charge in [0, 0.05) is 24.2 Å². The van der Waals surface area contributed by atoms with Gasteiger partial charge in [0.2, 0.25) is 5.79 Å². The van der Waals surface area contributed by atoms with Gasteiger partial charge in [0.15, 0.2) is 18.0 Å². The number of fused-ring (bicyclic) bond motifs is 1. The number of esters is 2. The number of carbonyl (C=O) groups is 3. The fraction of sp³-hybridized carbons (Fsp3) is 0.773. The van der Waals surface area contributed by atoms with E-state index in [2.05, 4.69) is 0 Å². The van der Waals surface area contributed by atoms with Crippen LogP contribution in [0.15, 0.2) is 11.6 Å². The van der Waals surface area contributed by atoms with Crippen molar-refractivity contribution in [3.8, 4) is 0 Å². The molecule has 2 saturated carbocycles. The van der Waals surface area contributed by atoms with Crippen LogP contribution in [0.4, 0.5) is 0 Å². The average Bonchev–Trinajstić information content (AvgIpc) is 3.02. The molecular formula is C22H28O10. The predicted octanol–water partition coefficient (Wildman–Crippen LogP) is -1.18. The molecule has 2 heterocycles. The molecule has 10 nitrogen and oxygen atoms in total. The SMILES string of the molecule is CC(=O)O[C@@H]1[C@H](C)[C@]2(O)[C@@H](O)C(=O)O[C@@H]3C[C@@H]4C(C)=CC(=O)[C@@H](O)[C@]4(C)[C@H]4[C@@]1(O)OC[C@]432. The molecule has 4 fully saturated rings. The predicted molar refractivity (Wildman–Crippen MR) is 103 cm³/mol. The van der Waals surface area contributed by atoms with Crippen LogP contribution >= 0.6 is 0 Å². The van der Waals surface area contributed by atoms with Crippen LogP contribution in [0.1, 0.15) is 34.1 Å². The van der Waals surface area contributed by atoms with Crippen molar-refractivity contribution in [2.45, 2.75) is 69.9 Å². The van der Waals surface area contributed by atoms with Gasteiger partial charge in [-0.3, -0.25) is 9.59 Å². The van der Waals surface area contributed by atoms with Crippen LogP contribution in [-0.2, 0) is 28.6 Å². The summed E-state index contributed by atoms with van der Waals surface area (Å²) in [5.41, 5.74) is -4.50. The Kier molecular flexibility index (Phi) is 4.24. The highest BCUT2D eigenvalue weighted by Gasteiger charge is 2.88. The number of carbonyl (C=O) groups excluding carboxylic acids is 3. The molecule has 0 unspecified atom stereocenters.